The van der Waals surface area contributed by atoms with E-state index >= 15 is 0 Å². The van der Waals surface area contributed by atoms with Gasteiger partial charge in [-0.1, -0.05) is 20.8 Å². The highest BCUT2D eigenvalue weighted by atomic mass is 32.2. The van der Waals surface area contributed by atoms with E-state index in [9.17, 15) is 8.42 Å². The first-order valence-electron chi connectivity index (χ1n) is 8.46. The SMILES string of the molecule is COCc1cc(C(C)(C)C)cc(COC)c1Oc1ccc(S(=O)(=O)O)cc1. The van der Waals surface area contributed by atoms with Crippen LogP contribution in [0.4, 0.5) is 0 Å². The van der Waals surface area contributed by atoms with Gasteiger partial charge in [-0.3, -0.25) is 4.55 Å². The zero-order valence-corrected chi connectivity index (χ0v) is 17.1. The Morgan fingerprint density at radius 1 is 0.926 bits per heavy atom. The molecule has 0 atom stereocenters. The molecule has 0 bridgehead atoms. The van der Waals surface area contributed by atoms with Gasteiger partial charge in [0.15, 0.2) is 0 Å². The number of ether oxygens (including phenoxy) is 3. The predicted octanol–water partition coefficient (Wildman–Crippen LogP) is 4.32. The Morgan fingerprint density at radius 3 is 1.78 bits per heavy atom. The molecule has 27 heavy (non-hydrogen) atoms. The lowest BCUT2D eigenvalue weighted by Gasteiger charge is -2.24. The second kappa shape index (κ2) is 8.39. The van der Waals surface area contributed by atoms with Crippen LogP contribution in [0.2, 0.25) is 0 Å². The quantitative estimate of drug-likeness (QED) is 0.705. The fourth-order valence-electron chi connectivity index (χ4n) is 2.64. The van der Waals surface area contributed by atoms with Crippen LogP contribution in [0.15, 0.2) is 41.3 Å². The zero-order chi connectivity index (χ0) is 20.2. The summed E-state index contributed by atoms with van der Waals surface area (Å²) < 4.78 is 48.2. The minimum Gasteiger partial charge on any atom is -0.457 e. The lowest BCUT2D eigenvalue weighted by molar-refractivity contribution is 0.175. The molecule has 148 valence electrons. The maximum absolute atomic E-state index is 11.2. The molecule has 0 aliphatic rings. The molecule has 6 nitrogen and oxygen atoms in total. The van der Waals surface area contributed by atoms with Gasteiger partial charge in [-0.15, -0.1) is 0 Å². The largest absolute Gasteiger partial charge is 0.457 e. The van der Waals surface area contributed by atoms with Crippen molar-refractivity contribution < 1.29 is 27.2 Å². The van der Waals surface area contributed by atoms with Gasteiger partial charge in [-0.05, 0) is 47.4 Å². The van der Waals surface area contributed by atoms with Gasteiger partial charge in [0.25, 0.3) is 10.1 Å². The van der Waals surface area contributed by atoms with Crippen molar-refractivity contribution in [2.75, 3.05) is 14.2 Å². The molecule has 2 aromatic rings. The van der Waals surface area contributed by atoms with Crippen molar-refractivity contribution in [2.45, 2.75) is 44.3 Å². The van der Waals surface area contributed by atoms with Gasteiger partial charge in [0.1, 0.15) is 11.5 Å². The van der Waals surface area contributed by atoms with Crippen molar-refractivity contribution in [1.29, 1.82) is 0 Å². The Morgan fingerprint density at radius 2 is 1.41 bits per heavy atom. The van der Waals surface area contributed by atoms with Gasteiger partial charge in [-0.25, -0.2) is 0 Å². The summed E-state index contributed by atoms with van der Waals surface area (Å²) in [6.45, 7) is 7.11. The van der Waals surface area contributed by atoms with Crippen LogP contribution in [-0.2, 0) is 38.2 Å². The first-order valence-corrected chi connectivity index (χ1v) is 9.90. The molecule has 0 radical (unpaired) electrons. The van der Waals surface area contributed by atoms with Crippen molar-refractivity contribution in [3.8, 4) is 11.5 Å². The van der Waals surface area contributed by atoms with E-state index in [1.807, 2.05) is 12.1 Å². The third-order valence-corrected chi connectivity index (χ3v) is 4.92. The highest BCUT2D eigenvalue weighted by Gasteiger charge is 2.20. The van der Waals surface area contributed by atoms with Crippen LogP contribution in [0.1, 0.15) is 37.5 Å². The Balaban J connectivity index is 2.50. The monoisotopic (exact) mass is 394 g/mol. The van der Waals surface area contributed by atoms with Crippen molar-refractivity contribution >= 4 is 10.1 Å². The van der Waals surface area contributed by atoms with Crippen LogP contribution < -0.4 is 4.74 Å². The summed E-state index contributed by atoms with van der Waals surface area (Å²) in [5.74, 6) is 1.06. The lowest BCUT2D eigenvalue weighted by Crippen LogP contribution is -2.13. The van der Waals surface area contributed by atoms with E-state index in [-0.39, 0.29) is 10.3 Å². The van der Waals surface area contributed by atoms with Gasteiger partial charge < -0.3 is 14.2 Å². The van der Waals surface area contributed by atoms with Gasteiger partial charge in [0.05, 0.1) is 18.1 Å². The second-order valence-corrected chi connectivity index (χ2v) is 8.71. The molecule has 0 fully saturated rings. The topological polar surface area (TPSA) is 82.1 Å². The number of hydrogen-bond donors (Lipinski definition) is 1. The summed E-state index contributed by atoms with van der Waals surface area (Å²) in [4.78, 5) is -0.188. The van der Waals surface area contributed by atoms with E-state index in [4.69, 9.17) is 18.8 Å². The minimum atomic E-state index is -4.24. The highest BCUT2D eigenvalue weighted by Crippen LogP contribution is 2.35. The maximum atomic E-state index is 11.2. The molecule has 7 heteroatoms. The molecule has 0 saturated carbocycles. The molecule has 0 amide bonds. The fourth-order valence-corrected chi connectivity index (χ4v) is 3.12. The Labute approximate surface area is 160 Å². The average molecular weight is 394 g/mol. The molecular formula is C20H26O6S. The van der Waals surface area contributed by atoms with Gasteiger partial charge in [-0.2, -0.15) is 8.42 Å². The highest BCUT2D eigenvalue weighted by molar-refractivity contribution is 7.85. The summed E-state index contributed by atoms with van der Waals surface area (Å²) in [6, 6.07) is 9.66. The molecule has 0 unspecified atom stereocenters. The maximum Gasteiger partial charge on any atom is 0.294 e. The lowest BCUT2D eigenvalue weighted by atomic mass is 9.84. The first kappa shape index (κ1) is 21.4. The molecule has 0 aromatic heterocycles. The molecule has 0 aliphatic carbocycles. The predicted molar refractivity (Wildman–Crippen MR) is 103 cm³/mol. The smallest absolute Gasteiger partial charge is 0.294 e. The van der Waals surface area contributed by atoms with Crippen LogP contribution in [-0.4, -0.2) is 27.2 Å². The van der Waals surface area contributed by atoms with Crippen LogP contribution in [0.5, 0.6) is 11.5 Å². The van der Waals surface area contributed by atoms with Crippen LogP contribution in [0.3, 0.4) is 0 Å². The van der Waals surface area contributed by atoms with Gasteiger partial charge in [0.2, 0.25) is 0 Å². The normalized spacial score (nSPS) is 12.2. The average Bonchev–Trinajstić information content (AvgIpc) is 2.56. The van der Waals surface area contributed by atoms with Gasteiger partial charge in [0, 0.05) is 25.3 Å². The molecule has 0 heterocycles. The van der Waals surface area contributed by atoms with E-state index in [0.717, 1.165) is 16.7 Å². The van der Waals surface area contributed by atoms with Crippen molar-refractivity contribution in [2.24, 2.45) is 0 Å². The second-order valence-electron chi connectivity index (χ2n) is 7.29. The number of benzene rings is 2. The van der Waals surface area contributed by atoms with Crippen LogP contribution >= 0.6 is 0 Å². The van der Waals surface area contributed by atoms with Crippen LogP contribution in [0, 0.1) is 0 Å². The Kier molecular flexibility index (Phi) is 6.64. The fraction of sp³-hybridized carbons (Fsp3) is 0.400. The standard InChI is InChI=1S/C20H26O6S/c1-20(2,3)16-10-14(12-24-4)19(15(11-16)13-25-5)26-17-6-8-18(9-7-17)27(21,22)23/h6-11H,12-13H2,1-5H3,(H,21,22,23). The summed E-state index contributed by atoms with van der Waals surface area (Å²) in [6.07, 6.45) is 0. The minimum absolute atomic E-state index is 0.0549. The number of methoxy groups -OCH3 is 2. The molecule has 2 aromatic carbocycles. The van der Waals surface area contributed by atoms with E-state index < -0.39 is 10.1 Å². The molecular weight excluding hydrogens is 368 g/mol. The third kappa shape index (κ3) is 5.52. The van der Waals surface area contributed by atoms with Crippen LogP contribution in [0.25, 0.3) is 0 Å². The zero-order valence-electron chi connectivity index (χ0n) is 16.3. The van der Waals surface area contributed by atoms with Crippen molar-refractivity contribution in [3.05, 3.63) is 53.1 Å². The summed E-state index contributed by atoms with van der Waals surface area (Å²) >= 11 is 0. The molecule has 0 aliphatic heterocycles. The molecule has 0 spiro atoms. The Hall–Kier alpha value is -1.93. The summed E-state index contributed by atoms with van der Waals surface area (Å²) in [5.41, 5.74) is 2.82. The van der Waals surface area contributed by atoms with E-state index in [1.54, 1.807) is 14.2 Å². The Bertz CT molecular complexity index is 853. The molecule has 1 N–H and O–H groups in total. The number of rotatable bonds is 7. The van der Waals surface area contributed by atoms with E-state index in [2.05, 4.69) is 20.8 Å². The summed E-state index contributed by atoms with van der Waals surface area (Å²) in [5, 5.41) is 0. The van der Waals surface area contributed by atoms with Crippen molar-refractivity contribution in [1.82, 2.24) is 0 Å². The van der Waals surface area contributed by atoms with E-state index in [1.165, 1.54) is 24.3 Å². The number of hydrogen-bond acceptors (Lipinski definition) is 5. The van der Waals surface area contributed by atoms with E-state index in [0.29, 0.717) is 24.7 Å². The van der Waals surface area contributed by atoms with Gasteiger partial charge >= 0.3 is 0 Å². The van der Waals surface area contributed by atoms with Crippen molar-refractivity contribution in [3.63, 3.8) is 0 Å². The first-order chi connectivity index (χ1) is 12.6. The molecule has 2 rings (SSSR count). The summed E-state index contributed by atoms with van der Waals surface area (Å²) in [7, 11) is -1.01. The molecule has 0 saturated heterocycles. The third-order valence-electron chi connectivity index (χ3n) is 4.05.